The molecule has 0 radical (unpaired) electrons. The van der Waals surface area contributed by atoms with Crippen LogP contribution in [0.25, 0.3) is 0 Å². The third-order valence-electron chi connectivity index (χ3n) is 4.50. The highest BCUT2D eigenvalue weighted by Crippen LogP contribution is 2.42. The SMILES string of the molecule is C=CCN(C)[C@@H]1Cc2cc(O)c(F)cc2[C@H]1c1ccccc1.Cl. The molecule has 23 heavy (non-hydrogen) atoms. The van der Waals surface area contributed by atoms with Gasteiger partial charge in [0.1, 0.15) is 0 Å². The Labute approximate surface area is 142 Å². The summed E-state index contributed by atoms with van der Waals surface area (Å²) in [5.74, 6) is -0.708. The number of hydrogen-bond acceptors (Lipinski definition) is 2. The molecule has 1 aliphatic rings. The van der Waals surface area contributed by atoms with E-state index in [-0.39, 0.29) is 30.1 Å². The molecule has 0 unspecified atom stereocenters. The molecule has 0 aliphatic heterocycles. The lowest BCUT2D eigenvalue weighted by atomic mass is 9.89. The molecule has 3 rings (SSSR count). The molecule has 122 valence electrons. The highest BCUT2D eigenvalue weighted by molar-refractivity contribution is 5.85. The number of benzene rings is 2. The van der Waals surface area contributed by atoms with Gasteiger partial charge in [0.2, 0.25) is 0 Å². The van der Waals surface area contributed by atoms with Gasteiger partial charge in [-0.25, -0.2) is 4.39 Å². The summed E-state index contributed by atoms with van der Waals surface area (Å²) >= 11 is 0. The van der Waals surface area contributed by atoms with Crippen LogP contribution in [0.4, 0.5) is 4.39 Å². The summed E-state index contributed by atoms with van der Waals surface area (Å²) in [6, 6.07) is 13.5. The second kappa shape index (κ2) is 7.16. The molecule has 1 N–H and O–H groups in total. The van der Waals surface area contributed by atoms with Crippen LogP contribution >= 0.6 is 12.4 Å². The Balaban J connectivity index is 0.00000192. The van der Waals surface area contributed by atoms with Crippen molar-refractivity contribution in [1.82, 2.24) is 4.90 Å². The van der Waals surface area contributed by atoms with Crippen LogP contribution < -0.4 is 0 Å². The molecule has 2 nitrogen and oxygen atoms in total. The zero-order chi connectivity index (χ0) is 15.7. The fourth-order valence-electron chi connectivity index (χ4n) is 3.45. The summed E-state index contributed by atoms with van der Waals surface area (Å²) in [5, 5.41) is 9.66. The van der Waals surface area contributed by atoms with E-state index < -0.39 is 5.82 Å². The third-order valence-corrected chi connectivity index (χ3v) is 4.50. The average molecular weight is 334 g/mol. The quantitative estimate of drug-likeness (QED) is 0.850. The van der Waals surface area contributed by atoms with Crippen molar-refractivity contribution in [1.29, 1.82) is 0 Å². The fourth-order valence-corrected chi connectivity index (χ4v) is 3.45. The normalized spacial score (nSPS) is 19.3. The van der Waals surface area contributed by atoms with Gasteiger partial charge in [0, 0.05) is 18.5 Å². The number of phenolic OH excluding ortho intramolecular Hbond substituents is 1. The van der Waals surface area contributed by atoms with Crippen molar-refractivity contribution in [2.24, 2.45) is 0 Å². The number of halogens is 2. The molecule has 0 saturated carbocycles. The van der Waals surface area contributed by atoms with Crippen LogP contribution in [0.1, 0.15) is 22.6 Å². The highest BCUT2D eigenvalue weighted by Gasteiger charge is 2.36. The Morgan fingerprint density at radius 3 is 2.65 bits per heavy atom. The lowest BCUT2D eigenvalue weighted by molar-refractivity contribution is 0.256. The Hall–Kier alpha value is -1.84. The second-order valence-electron chi connectivity index (χ2n) is 5.89. The van der Waals surface area contributed by atoms with E-state index in [0.717, 1.165) is 24.1 Å². The maximum Gasteiger partial charge on any atom is 0.165 e. The van der Waals surface area contributed by atoms with E-state index in [9.17, 15) is 9.50 Å². The van der Waals surface area contributed by atoms with Crippen molar-refractivity contribution in [3.05, 3.63) is 77.6 Å². The minimum Gasteiger partial charge on any atom is -0.505 e. The van der Waals surface area contributed by atoms with Gasteiger partial charge in [0.05, 0.1) is 0 Å². The topological polar surface area (TPSA) is 23.5 Å². The summed E-state index contributed by atoms with van der Waals surface area (Å²) < 4.78 is 13.9. The van der Waals surface area contributed by atoms with Gasteiger partial charge in [0.15, 0.2) is 11.6 Å². The van der Waals surface area contributed by atoms with Gasteiger partial charge in [-0.05, 0) is 42.3 Å². The third kappa shape index (κ3) is 3.26. The van der Waals surface area contributed by atoms with E-state index in [1.54, 1.807) is 6.07 Å². The monoisotopic (exact) mass is 333 g/mol. The Morgan fingerprint density at radius 2 is 2.00 bits per heavy atom. The van der Waals surface area contributed by atoms with Gasteiger partial charge in [-0.2, -0.15) is 0 Å². The Kier molecular flexibility index (Phi) is 5.45. The predicted octanol–water partition coefficient (Wildman–Crippen LogP) is 4.13. The largest absolute Gasteiger partial charge is 0.505 e. The minimum atomic E-state index is -0.549. The number of hydrogen-bond donors (Lipinski definition) is 1. The molecule has 1 aliphatic carbocycles. The van der Waals surface area contributed by atoms with Crippen molar-refractivity contribution in [2.75, 3.05) is 13.6 Å². The number of aromatic hydroxyl groups is 1. The lowest BCUT2D eigenvalue weighted by Crippen LogP contribution is -2.35. The molecule has 2 aromatic carbocycles. The summed E-state index contributed by atoms with van der Waals surface area (Å²) in [4.78, 5) is 2.24. The van der Waals surface area contributed by atoms with E-state index in [1.807, 2.05) is 24.3 Å². The summed E-state index contributed by atoms with van der Waals surface area (Å²) in [5.41, 5.74) is 3.17. The van der Waals surface area contributed by atoms with Gasteiger partial charge in [-0.3, -0.25) is 4.90 Å². The van der Waals surface area contributed by atoms with E-state index in [2.05, 4.69) is 30.7 Å². The second-order valence-corrected chi connectivity index (χ2v) is 5.89. The van der Waals surface area contributed by atoms with E-state index in [4.69, 9.17) is 0 Å². The van der Waals surface area contributed by atoms with Crippen LogP contribution in [-0.2, 0) is 6.42 Å². The molecular formula is C19H21ClFNO. The number of likely N-dealkylation sites (N-methyl/N-ethyl adjacent to an activating group) is 1. The molecule has 2 atom stereocenters. The molecule has 4 heteroatoms. The minimum absolute atomic E-state index is 0. The van der Waals surface area contributed by atoms with E-state index in [0.29, 0.717) is 0 Å². The summed E-state index contributed by atoms with van der Waals surface area (Å²) in [6.45, 7) is 4.58. The maximum absolute atomic E-state index is 13.9. The van der Waals surface area contributed by atoms with Gasteiger partial charge in [0.25, 0.3) is 0 Å². The van der Waals surface area contributed by atoms with Crippen molar-refractivity contribution >= 4 is 12.4 Å². The molecule has 0 spiro atoms. The number of fused-ring (bicyclic) bond motifs is 1. The van der Waals surface area contributed by atoms with Crippen molar-refractivity contribution in [3.63, 3.8) is 0 Å². The zero-order valence-corrected chi connectivity index (χ0v) is 13.9. The molecule has 0 saturated heterocycles. The van der Waals surface area contributed by atoms with Gasteiger partial charge in [-0.15, -0.1) is 19.0 Å². The molecule has 0 bridgehead atoms. The molecule has 2 aromatic rings. The number of phenols is 1. The van der Waals surface area contributed by atoms with Gasteiger partial charge < -0.3 is 5.11 Å². The van der Waals surface area contributed by atoms with E-state index >= 15 is 0 Å². The van der Waals surface area contributed by atoms with Crippen LogP contribution in [0.3, 0.4) is 0 Å². The highest BCUT2D eigenvalue weighted by atomic mass is 35.5. The lowest BCUT2D eigenvalue weighted by Gasteiger charge is -2.29. The van der Waals surface area contributed by atoms with Crippen molar-refractivity contribution in [3.8, 4) is 5.75 Å². The van der Waals surface area contributed by atoms with Gasteiger partial charge in [-0.1, -0.05) is 36.4 Å². The molecule has 0 aromatic heterocycles. The zero-order valence-electron chi connectivity index (χ0n) is 13.1. The van der Waals surface area contributed by atoms with E-state index in [1.165, 1.54) is 11.6 Å². The smallest absolute Gasteiger partial charge is 0.165 e. The average Bonchev–Trinajstić information content (AvgIpc) is 2.87. The first-order valence-electron chi connectivity index (χ1n) is 7.49. The Bertz CT molecular complexity index is 689. The number of nitrogens with zero attached hydrogens (tertiary/aromatic N) is 1. The van der Waals surface area contributed by atoms with Crippen LogP contribution in [0.5, 0.6) is 5.75 Å². The van der Waals surface area contributed by atoms with Crippen molar-refractivity contribution in [2.45, 2.75) is 18.4 Å². The molecule has 0 fully saturated rings. The molecular weight excluding hydrogens is 313 g/mol. The molecule has 0 amide bonds. The van der Waals surface area contributed by atoms with Crippen LogP contribution in [-0.4, -0.2) is 29.6 Å². The maximum atomic E-state index is 13.9. The van der Waals surface area contributed by atoms with Crippen LogP contribution in [0, 0.1) is 5.82 Å². The van der Waals surface area contributed by atoms with Gasteiger partial charge >= 0.3 is 0 Å². The summed E-state index contributed by atoms with van der Waals surface area (Å²) in [7, 11) is 2.06. The summed E-state index contributed by atoms with van der Waals surface area (Å²) in [6.07, 6.45) is 2.68. The fraction of sp³-hybridized carbons (Fsp3) is 0.263. The van der Waals surface area contributed by atoms with Crippen molar-refractivity contribution < 1.29 is 9.50 Å². The first-order valence-corrected chi connectivity index (χ1v) is 7.49. The molecule has 0 heterocycles. The first-order chi connectivity index (χ1) is 10.6. The first kappa shape index (κ1) is 17.5. The van der Waals surface area contributed by atoms with Crippen LogP contribution in [0.15, 0.2) is 55.1 Å². The predicted molar refractivity (Wildman–Crippen MR) is 93.9 cm³/mol. The standard InChI is InChI=1S/C19H20FNO.ClH/c1-3-9-21(2)17-10-14-11-18(22)16(20)12-15(14)19(17)13-7-5-4-6-8-13;/h3-8,11-12,17,19,22H,1,9-10H2,2H3;1H/t17-,19-;/m1./s1. The van der Waals surface area contributed by atoms with Crippen LogP contribution in [0.2, 0.25) is 0 Å². The number of rotatable bonds is 4. The Morgan fingerprint density at radius 1 is 1.30 bits per heavy atom.